The molecule has 0 unspecified atom stereocenters. The number of anilines is 3. The third kappa shape index (κ3) is 11.3. The summed E-state index contributed by atoms with van der Waals surface area (Å²) < 4.78 is 48.2. The van der Waals surface area contributed by atoms with Gasteiger partial charge in [0.05, 0.1) is 41.8 Å². The molecule has 0 aromatic heterocycles. The molecule has 0 aliphatic rings. The van der Waals surface area contributed by atoms with Gasteiger partial charge in [-0.2, -0.15) is 13.5 Å². The molecule has 6 aromatic rings. The minimum Gasteiger partial charge on any atom is -0.506 e. The Bertz CT molecular complexity index is 2660. The standard InChI is InChI=1S/C37H30N6O12S3.Cu/c1-51-32-20-29(41-43-36-34(57-55-53-47)16-23-15-26(13-14-28(23)37(36)45)39-25-5-3-2-4-6-25)31(44)19-30(32)42-40-27-12-10-21(33(18-27)56-54-52-46)7-8-22-9-11-24(38)17-35(22)58(48,49)50;/h2-20,39,44-47H,38H2,1H3,(H,48,49,50);. The van der Waals surface area contributed by atoms with Crippen LogP contribution in [0.15, 0.2) is 138 Å². The number of nitrogen functional groups attached to an aromatic ring is 1. The Labute approximate surface area is 354 Å². The molecule has 0 heterocycles. The zero-order valence-corrected chi connectivity index (χ0v) is 33.3. The molecule has 0 saturated heterocycles. The molecule has 309 valence electrons. The Morgan fingerprint density at radius 1 is 0.729 bits per heavy atom. The summed E-state index contributed by atoms with van der Waals surface area (Å²) in [5.41, 5.74) is 8.26. The van der Waals surface area contributed by atoms with Gasteiger partial charge in [-0.3, -0.25) is 4.55 Å². The van der Waals surface area contributed by atoms with E-state index in [2.05, 4.69) is 44.5 Å². The zero-order valence-electron chi connectivity index (χ0n) is 30.0. The molecular weight excluding hydrogens is 880 g/mol. The van der Waals surface area contributed by atoms with E-state index < -0.39 is 15.0 Å². The third-order valence-corrected chi connectivity index (χ3v) is 10.2. The number of hydrogen-bond donors (Lipinski definition) is 7. The summed E-state index contributed by atoms with van der Waals surface area (Å²) in [4.78, 5) is 0.151. The van der Waals surface area contributed by atoms with Crippen molar-refractivity contribution in [1.29, 1.82) is 0 Å². The van der Waals surface area contributed by atoms with Crippen LogP contribution in [0.3, 0.4) is 0 Å². The number of phenols is 2. The molecule has 18 nitrogen and oxygen atoms in total. The number of ether oxygens (including phenoxy) is 1. The number of benzene rings is 6. The Balaban J connectivity index is 0.00000661. The quantitative estimate of drug-likeness (QED) is 0.00695. The number of nitrogens with two attached hydrogens (primary N) is 1. The predicted molar refractivity (Wildman–Crippen MR) is 216 cm³/mol. The molecule has 0 atom stereocenters. The molecule has 0 aliphatic carbocycles. The van der Waals surface area contributed by atoms with Crippen LogP contribution in [-0.4, -0.2) is 40.8 Å². The normalized spacial score (nSPS) is 11.8. The van der Waals surface area contributed by atoms with Crippen LogP contribution in [0.2, 0.25) is 0 Å². The van der Waals surface area contributed by atoms with E-state index in [9.17, 15) is 23.2 Å². The van der Waals surface area contributed by atoms with Gasteiger partial charge in [-0.25, -0.2) is 10.5 Å². The average Bonchev–Trinajstić information content (AvgIpc) is 3.21. The van der Waals surface area contributed by atoms with Crippen LogP contribution < -0.4 is 15.8 Å². The fourth-order valence-corrected chi connectivity index (χ4v) is 7.07. The number of rotatable bonds is 16. The average molecular weight is 910 g/mol. The van der Waals surface area contributed by atoms with E-state index in [0.717, 1.165) is 17.4 Å². The van der Waals surface area contributed by atoms with E-state index in [4.69, 9.17) is 21.0 Å². The van der Waals surface area contributed by atoms with E-state index in [1.165, 1.54) is 49.6 Å². The minimum atomic E-state index is -4.59. The molecule has 0 bridgehead atoms. The molecule has 0 fully saturated rings. The Hall–Kier alpha value is -5.59. The van der Waals surface area contributed by atoms with E-state index >= 15 is 0 Å². The maximum atomic E-state index is 11.9. The number of nitrogens with one attached hydrogen (secondary N) is 1. The number of phenolic OH excluding ortho intramolecular Hbond substituents is 2. The molecule has 0 aliphatic heterocycles. The van der Waals surface area contributed by atoms with Crippen molar-refractivity contribution in [2.75, 3.05) is 18.2 Å². The topological polar surface area (TPSA) is 269 Å². The number of methoxy groups -OCH3 is 1. The van der Waals surface area contributed by atoms with E-state index in [1.54, 1.807) is 36.4 Å². The number of para-hydroxylation sites is 1. The Morgan fingerprint density at radius 2 is 1.42 bits per heavy atom. The summed E-state index contributed by atoms with van der Waals surface area (Å²) in [5.74, 6) is -0.513. The molecule has 1 radical (unpaired) electrons. The number of nitrogens with zero attached hydrogens (tertiary/aromatic N) is 4. The second-order valence-corrected chi connectivity index (χ2v) is 14.6. The van der Waals surface area contributed by atoms with Crippen molar-refractivity contribution in [2.45, 2.75) is 14.7 Å². The smallest absolute Gasteiger partial charge is 0.295 e. The maximum Gasteiger partial charge on any atom is 0.295 e. The SMILES string of the molecule is COc1cc(N=Nc2c(SOOO)cc3cc(Nc4ccccc4)ccc3c2O)c(O)cc1N=Nc1ccc(C=Cc2ccc(N)cc2S(=O)(=O)O)c(SOOO)c1.[Cu]. The van der Waals surface area contributed by atoms with Gasteiger partial charge in [-0.05, 0) is 77.2 Å². The van der Waals surface area contributed by atoms with E-state index in [1.807, 2.05) is 30.3 Å². The summed E-state index contributed by atoms with van der Waals surface area (Å²) in [7, 11) is -3.22. The summed E-state index contributed by atoms with van der Waals surface area (Å²) in [6.07, 6.45) is 2.94. The van der Waals surface area contributed by atoms with E-state index in [-0.39, 0.29) is 73.2 Å². The van der Waals surface area contributed by atoms with Crippen molar-refractivity contribution in [2.24, 2.45) is 20.5 Å². The molecule has 6 aromatic carbocycles. The van der Waals surface area contributed by atoms with Gasteiger partial charge < -0.3 is 26.0 Å². The minimum absolute atomic E-state index is 0. The van der Waals surface area contributed by atoms with Gasteiger partial charge in [0, 0.05) is 56.5 Å². The van der Waals surface area contributed by atoms with Crippen LogP contribution >= 0.6 is 24.1 Å². The van der Waals surface area contributed by atoms with Gasteiger partial charge in [0.2, 0.25) is 0 Å². The van der Waals surface area contributed by atoms with Gasteiger partial charge in [0.15, 0.2) is 5.75 Å². The Kier molecular flexibility index (Phi) is 15.4. The first-order chi connectivity index (χ1) is 28.0. The van der Waals surface area contributed by atoms with Gasteiger partial charge in [-0.1, -0.05) is 52.6 Å². The summed E-state index contributed by atoms with van der Waals surface area (Å²) >= 11 is 1.16. The second-order valence-electron chi connectivity index (χ2n) is 11.7. The molecule has 8 N–H and O–H groups in total. The molecular formula is C37H30CuN6O12S3. The predicted octanol–water partition coefficient (Wildman–Crippen LogP) is 10.7. The second kappa shape index (κ2) is 20.4. The number of fused-ring (bicyclic) bond motifs is 1. The first kappa shape index (κ1) is 44.5. The van der Waals surface area contributed by atoms with Gasteiger partial charge >= 0.3 is 0 Å². The van der Waals surface area contributed by atoms with Gasteiger partial charge in [0.1, 0.15) is 33.5 Å². The van der Waals surface area contributed by atoms with Crippen molar-refractivity contribution in [3.63, 3.8) is 0 Å². The van der Waals surface area contributed by atoms with E-state index in [0.29, 0.717) is 45.3 Å². The van der Waals surface area contributed by atoms with Crippen molar-refractivity contribution in [3.8, 4) is 17.2 Å². The van der Waals surface area contributed by atoms with Crippen LogP contribution in [-0.2, 0) is 45.9 Å². The van der Waals surface area contributed by atoms with Crippen molar-refractivity contribution in [1.82, 2.24) is 0 Å². The number of hydrogen-bond acceptors (Lipinski definition) is 19. The number of azo groups is 2. The van der Waals surface area contributed by atoms with Crippen LogP contribution in [0.4, 0.5) is 39.8 Å². The monoisotopic (exact) mass is 909 g/mol. The van der Waals surface area contributed by atoms with Crippen molar-refractivity contribution >= 4 is 96.9 Å². The molecule has 0 amide bonds. The van der Waals surface area contributed by atoms with Gasteiger partial charge in [0.25, 0.3) is 10.1 Å². The van der Waals surface area contributed by atoms with Crippen LogP contribution in [0.5, 0.6) is 17.2 Å². The first-order valence-corrected chi connectivity index (χ1v) is 19.2. The summed E-state index contributed by atoms with van der Waals surface area (Å²) in [5, 5.41) is 68.3. The molecule has 0 spiro atoms. The van der Waals surface area contributed by atoms with Gasteiger partial charge in [-0.15, -0.1) is 24.0 Å². The third-order valence-electron chi connectivity index (χ3n) is 7.98. The fourth-order valence-electron chi connectivity index (χ4n) is 5.35. The van der Waals surface area contributed by atoms with Crippen LogP contribution in [0.25, 0.3) is 22.9 Å². The first-order valence-electron chi connectivity index (χ1n) is 16.3. The zero-order chi connectivity index (χ0) is 41.2. The van der Waals surface area contributed by atoms with Crippen LogP contribution in [0, 0.1) is 0 Å². The van der Waals surface area contributed by atoms with Crippen LogP contribution in [0.1, 0.15) is 11.1 Å². The largest absolute Gasteiger partial charge is 0.506 e. The molecule has 22 heteroatoms. The molecule has 59 heavy (non-hydrogen) atoms. The number of aromatic hydroxyl groups is 2. The maximum absolute atomic E-state index is 11.9. The molecule has 0 saturated carbocycles. The summed E-state index contributed by atoms with van der Waals surface area (Å²) in [6, 6.07) is 27.6. The van der Waals surface area contributed by atoms with Crippen molar-refractivity contribution in [3.05, 3.63) is 114 Å². The van der Waals surface area contributed by atoms with Crippen molar-refractivity contribution < 1.29 is 74.2 Å². The Morgan fingerprint density at radius 3 is 2.14 bits per heavy atom. The fraction of sp³-hybridized carbons (Fsp3) is 0.0270. The molecule has 6 rings (SSSR count). The summed E-state index contributed by atoms with van der Waals surface area (Å²) in [6.45, 7) is 0.